The van der Waals surface area contributed by atoms with Gasteiger partial charge < -0.3 is 9.47 Å². The Hall–Kier alpha value is -3.00. The van der Waals surface area contributed by atoms with Gasteiger partial charge in [0.25, 0.3) is 0 Å². The summed E-state index contributed by atoms with van der Waals surface area (Å²) < 4.78 is 26.0. The fraction of sp³-hybridized carbons (Fsp3) is 0.211. The van der Waals surface area contributed by atoms with E-state index in [1.165, 1.54) is 16.8 Å². The molecule has 0 unspecified atom stereocenters. The van der Waals surface area contributed by atoms with Crippen LogP contribution >= 0.6 is 12.2 Å². The van der Waals surface area contributed by atoms with Gasteiger partial charge in [0.05, 0.1) is 19.9 Å². The maximum Gasteiger partial charge on any atom is 0.216 e. The van der Waals surface area contributed by atoms with Crippen LogP contribution in [0, 0.1) is 10.6 Å². The normalized spacial score (nSPS) is 11.1. The van der Waals surface area contributed by atoms with Crippen molar-refractivity contribution in [3.63, 3.8) is 0 Å². The molecule has 2 aromatic carbocycles. The SMILES string of the molecule is CCCOc1cc(/C=N\n2c(-c3ccc(F)cc3)n[nH]c2=S)ccc1OC. The van der Waals surface area contributed by atoms with Crippen LogP contribution in [-0.4, -0.2) is 34.8 Å². The second-order valence-corrected chi connectivity index (χ2v) is 6.06. The number of nitrogens with one attached hydrogen (secondary N) is 1. The lowest BCUT2D eigenvalue weighted by Crippen LogP contribution is -1.99. The molecule has 0 atom stereocenters. The first-order valence-corrected chi connectivity index (χ1v) is 8.81. The highest BCUT2D eigenvalue weighted by Gasteiger charge is 2.09. The molecule has 3 rings (SSSR count). The van der Waals surface area contributed by atoms with Crippen LogP contribution in [0.25, 0.3) is 11.4 Å². The van der Waals surface area contributed by atoms with Gasteiger partial charge in [-0.1, -0.05) is 6.92 Å². The summed E-state index contributed by atoms with van der Waals surface area (Å²) in [5.41, 5.74) is 1.51. The van der Waals surface area contributed by atoms with Gasteiger partial charge in [-0.15, -0.1) is 0 Å². The first-order chi connectivity index (χ1) is 13.1. The van der Waals surface area contributed by atoms with Gasteiger partial charge in [-0.05, 0) is 66.7 Å². The van der Waals surface area contributed by atoms with Crippen molar-refractivity contribution < 1.29 is 13.9 Å². The van der Waals surface area contributed by atoms with E-state index in [1.54, 1.807) is 25.5 Å². The third-order valence-corrected chi connectivity index (χ3v) is 3.99. The van der Waals surface area contributed by atoms with Crippen LogP contribution in [-0.2, 0) is 0 Å². The molecule has 27 heavy (non-hydrogen) atoms. The van der Waals surface area contributed by atoms with E-state index in [-0.39, 0.29) is 5.82 Å². The first kappa shape index (κ1) is 18.8. The highest BCUT2D eigenvalue weighted by Crippen LogP contribution is 2.27. The Morgan fingerprint density at radius 1 is 1.22 bits per heavy atom. The summed E-state index contributed by atoms with van der Waals surface area (Å²) in [6.07, 6.45) is 2.54. The summed E-state index contributed by atoms with van der Waals surface area (Å²) in [4.78, 5) is 0. The van der Waals surface area contributed by atoms with Gasteiger partial charge in [0.15, 0.2) is 17.3 Å². The lowest BCUT2D eigenvalue weighted by molar-refractivity contribution is 0.294. The number of nitrogens with zero attached hydrogens (tertiary/aromatic N) is 3. The van der Waals surface area contributed by atoms with E-state index in [1.807, 2.05) is 25.1 Å². The van der Waals surface area contributed by atoms with E-state index >= 15 is 0 Å². The maximum atomic E-state index is 13.2. The van der Waals surface area contributed by atoms with Gasteiger partial charge in [-0.2, -0.15) is 14.9 Å². The number of aromatic nitrogens is 3. The minimum absolute atomic E-state index is 0.319. The molecule has 1 heterocycles. The number of aromatic amines is 1. The predicted molar refractivity (Wildman–Crippen MR) is 105 cm³/mol. The minimum Gasteiger partial charge on any atom is -0.493 e. The number of halogens is 1. The quantitative estimate of drug-likeness (QED) is 0.482. The Bertz CT molecular complexity index is 996. The van der Waals surface area contributed by atoms with E-state index in [4.69, 9.17) is 21.7 Å². The summed E-state index contributed by atoms with van der Waals surface area (Å²) in [6, 6.07) is 11.5. The van der Waals surface area contributed by atoms with Crippen molar-refractivity contribution in [1.82, 2.24) is 14.9 Å². The molecular formula is C19H19FN4O2S. The molecule has 0 amide bonds. The van der Waals surface area contributed by atoms with E-state index in [9.17, 15) is 4.39 Å². The zero-order valence-corrected chi connectivity index (χ0v) is 15.8. The number of methoxy groups -OCH3 is 1. The van der Waals surface area contributed by atoms with Crippen molar-refractivity contribution in [1.29, 1.82) is 0 Å². The Balaban J connectivity index is 1.91. The minimum atomic E-state index is -0.319. The van der Waals surface area contributed by atoms with Crippen molar-refractivity contribution in [2.75, 3.05) is 13.7 Å². The van der Waals surface area contributed by atoms with E-state index in [0.29, 0.717) is 34.3 Å². The molecule has 0 bridgehead atoms. The number of H-pyrrole nitrogens is 1. The second kappa shape index (κ2) is 8.59. The molecule has 140 valence electrons. The van der Waals surface area contributed by atoms with Crippen LogP contribution in [0.3, 0.4) is 0 Å². The standard InChI is InChI=1S/C19H19FN4O2S/c1-3-10-26-17-11-13(4-9-16(17)25-2)12-21-24-18(22-23-19(24)27)14-5-7-15(20)8-6-14/h4-9,11-12H,3,10H2,1-2H3,(H,23,27)/b21-12-. The van der Waals surface area contributed by atoms with Crippen molar-refractivity contribution in [2.45, 2.75) is 13.3 Å². The molecule has 0 saturated heterocycles. The summed E-state index contributed by atoms with van der Waals surface area (Å²) in [7, 11) is 1.60. The smallest absolute Gasteiger partial charge is 0.216 e. The highest BCUT2D eigenvalue weighted by atomic mass is 32.1. The van der Waals surface area contributed by atoms with Crippen LogP contribution < -0.4 is 9.47 Å². The number of hydrogen-bond donors (Lipinski definition) is 1. The number of benzene rings is 2. The van der Waals surface area contributed by atoms with Gasteiger partial charge in [0.2, 0.25) is 4.77 Å². The van der Waals surface area contributed by atoms with Gasteiger partial charge in [0, 0.05) is 5.56 Å². The van der Waals surface area contributed by atoms with Crippen molar-refractivity contribution in [2.24, 2.45) is 5.10 Å². The molecule has 8 heteroatoms. The summed E-state index contributed by atoms with van der Waals surface area (Å²) in [5.74, 6) is 1.48. The third kappa shape index (κ3) is 4.40. The second-order valence-electron chi connectivity index (χ2n) is 5.67. The number of hydrogen-bond acceptors (Lipinski definition) is 5. The Kier molecular flexibility index (Phi) is 5.97. The Morgan fingerprint density at radius 3 is 2.70 bits per heavy atom. The predicted octanol–water partition coefficient (Wildman–Crippen LogP) is 4.43. The monoisotopic (exact) mass is 386 g/mol. The average molecular weight is 386 g/mol. The molecule has 0 aliphatic heterocycles. The summed E-state index contributed by atoms with van der Waals surface area (Å²) in [6.45, 7) is 2.63. The molecule has 1 N–H and O–H groups in total. The lowest BCUT2D eigenvalue weighted by Gasteiger charge is -2.10. The molecule has 0 saturated carbocycles. The largest absolute Gasteiger partial charge is 0.493 e. The van der Waals surface area contributed by atoms with Crippen LogP contribution in [0.5, 0.6) is 11.5 Å². The van der Waals surface area contributed by atoms with E-state index < -0.39 is 0 Å². The number of ether oxygens (including phenoxy) is 2. The van der Waals surface area contributed by atoms with Gasteiger partial charge in [-0.3, -0.25) is 0 Å². The van der Waals surface area contributed by atoms with Crippen molar-refractivity contribution >= 4 is 18.4 Å². The third-order valence-electron chi connectivity index (χ3n) is 3.72. The first-order valence-electron chi connectivity index (χ1n) is 8.41. The van der Waals surface area contributed by atoms with E-state index in [0.717, 1.165) is 12.0 Å². The molecule has 0 radical (unpaired) electrons. The average Bonchev–Trinajstić information content (AvgIpc) is 3.05. The van der Waals surface area contributed by atoms with Gasteiger partial charge >= 0.3 is 0 Å². The molecule has 0 fully saturated rings. The van der Waals surface area contributed by atoms with Crippen LogP contribution in [0.2, 0.25) is 0 Å². The van der Waals surface area contributed by atoms with Gasteiger partial charge in [0.1, 0.15) is 5.82 Å². The van der Waals surface area contributed by atoms with Crippen molar-refractivity contribution in [3.8, 4) is 22.9 Å². The topological polar surface area (TPSA) is 64.4 Å². The maximum absolute atomic E-state index is 13.2. The fourth-order valence-corrected chi connectivity index (χ4v) is 2.59. The highest BCUT2D eigenvalue weighted by molar-refractivity contribution is 7.71. The zero-order chi connectivity index (χ0) is 19.2. The molecule has 3 aromatic rings. The van der Waals surface area contributed by atoms with Crippen LogP contribution in [0.1, 0.15) is 18.9 Å². The van der Waals surface area contributed by atoms with Crippen LogP contribution in [0.15, 0.2) is 47.6 Å². The zero-order valence-electron chi connectivity index (χ0n) is 15.0. The Morgan fingerprint density at radius 2 is 2.00 bits per heavy atom. The van der Waals surface area contributed by atoms with Crippen molar-refractivity contribution in [3.05, 3.63) is 58.6 Å². The molecule has 0 aliphatic carbocycles. The van der Waals surface area contributed by atoms with Crippen LogP contribution in [0.4, 0.5) is 4.39 Å². The molecule has 1 aromatic heterocycles. The molecule has 0 spiro atoms. The van der Waals surface area contributed by atoms with E-state index in [2.05, 4.69) is 15.3 Å². The fourth-order valence-electron chi connectivity index (χ4n) is 2.41. The summed E-state index contributed by atoms with van der Waals surface area (Å²) >= 11 is 5.25. The van der Waals surface area contributed by atoms with Gasteiger partial charge in [-0.25, -0.2) is 9.49 Å². The Labute approximate surface area is 161 Å². The summed E-state index contributed by atoms with van der Waals surface area (Å²) in [5, 5.41) is 11.3. The number of rotatable bonds is 7. The molecule has 0 aliphatic rings. The molecular weight excluding hydrogens is 367 g/mol. The molecule has 6 nitrogen and oxygen atoms in total. The lowest BCUT2D eigenvalue weighted by atomic mass is 10.2.